The summed E-state index contributed by atoms with van der Waals surface area (Å²) in [6, 6.07) is 22.3. The predicted molar refractivity (Wildman–Crippen MR) is 149 cm³/mol. The summed E-state index contributed by atoms with van der Waals surface area (Å²) in [5.41, 5.74) is 4.72. The van der Waals surface area contributed by atoms with E-state index >= 15 is 0 Å². The Bertz CT molecular complexity index is 1450. The number of ketones is 1. The molecule has 1 fully saturated rings. The molecule has 8 nitrogen and oxygen atoms in total. The van der Waals surface area contributed by atoms with Crippen LogP contribution in [-0.2, 0) is 6.54 Å². The number of carbonyl (C=O) groups is 2. The molecule has 6 rings (SSSR count). The van der Waals surface area contributed by atoms with Crippen molar-refractivity contribution in [1.82, 2.24) is 14.5 Å². The van der Waals surface area contributed by atoms with Gasteiger partial charge in [0.1, 0.15) is 11.9 Å². The third-order valence-corrected chi connectivity index (χ3v) is 7.35. The molecule has 0 radical (unpaired) electrons. The smallest absolute Gasteiger partial charge is 0.257 e. The second-order valence-electron chi connectivity index (χ2n) is 9.89. The number of benzene rings is 2. The molecule has 4 aromatic rings. The lowest BCUT2D eigenvalue weighted by atomic mass is 10.0. The van der Waals surface area contributed by atoms with Crippen LogP contribution in [0.25, 0.3) is 0 Å². The minimum absolute atomic E-state index is 0.0248. The van der Waals surface area contributed by atoms with Crippen molar-refractivity contribution in [2.45, 2.75) is 12.6 Å². The first-order chi connectivity index (χ1) is 18.5. The van der Waals surface area contributed by atoms with Crippen LogP contribution in [0.4, 0.5) is 17.2 Å². The normalized spacial score (nSPS) is 17.1. The van der Waals surface area contributed by atoms with Gasteiger partial charge in [0, 0.05) is 67.7 Å². The summed E-state index contributed by atoms with van der Waals surface area (Å²) < 4.78 is 2.11. The van der Waals surface area contributed by atoms with E-state index in [-0.39, 0.29) is 11.7 Å². The highest BCUT2D eigenvalue weighted by atomic mass is 16.1. The van der Waals surface area contributed by atoms with E-state index in [1.807, 2.05) is 42.6 Å². The molecule has 2 aromatic heterocycles. The van der Waals surface area contributed by atoms with E-state index in [1.165, 1.54) is 0 Å². The number of piperazine rings is 1. The molecule has 0 aliphatic carbocycles. The number of para-hydroxylation sites is 1. The van der Waals surface area contributed by atoms with Gasteiger partial charge in [0.15, 0.2) is 5.78 Å². The highest BCUT2D eigenvalue weighted by molar-refractivity contribution is 6.05. The molecule has 0 saturated carbocycles. The number of anilines is 3. The van der Waals surface area contributed by atoms with Crippen molar-refractivity contribution >= 4 is 28.9 Å². The van der Waals surface area contributed by atoms with E-state index < -0.39 is 6.04 Å². The Hall–Kier alpha value is -4.43. The lowest BCUT2D eigenvalue weighted by Gasteiger charge is -2.33. The molecule has 0 spiro atoms. The summed E-state index contributed by atoms with van der Waals surface area (Å²) in [5, 5.41) is 6.36. The van der Waals surface area contributed by atoms with E-state index in [9.17, 15) is 9.59 Å². The number of likely N-dealkylation sites (N-methyl/N-ethyl adjacent to an activating group) is 1. The van der Waals surface area contributed by atoms with Gasteiger partial charge in [-0.05, 0) is 67.2 Å². The molecule has 2 aliphatic rings. The van der Waals surface area contributed by atoms with Crippen molar-refractivity contribution in [2.75, 3.05) is 48.8 Å². The molecule has 192 valence electrons. The number of carbonyl (C=O) groups excluding carboxylic acids is 2. The minimum atomic E-state index is -0.501. The molecule has 2 aromatic carbocycles. The third-order valence-electron chi connectivity index (χ3n) is 7.35. The molecule has 38 heavy (non-hydrogen) atoms. The zero-order valence-corrected chi connectivity index (χ0v) is 21.3. The summed E-state index contributed by atoms with van der Waals surface area (Å²) in [5.74, 6) is 0.628. The predicted octanol–water partition coefficient (Wildman–Crippen LogP) is 4.29. The Morgan fingerprint density at radius 3 is 2.42 bits per heavy atom. The van der Waals surface area contributed by atoms with Crippen LogP contribution in [0.2, 0.25) is 0 Å². The van der Waals surface area contributed by atoms with Crippen LogP contribution >= 0.6 is 0 Å². The van der Waals surface area contributed by atoms with Gasteiger partial charge in [0.05, 0.1) is 5.56 Å². The Morgan fingerprint density at radius 1 is 0.895 bits per heavy atom. The fraction of sp³-hybridized carbons (Fsp3) is 0.233. The Kier molecular flexibility index (Phi) is 6.39. The maximum absolute atomic E-state index is 13.6. The standard InChI is InChI=1S/C30H30N6O2/c1-34-15-17-35(18-16-34)27-13-10-22(19-31-27)30(38)32-24-11-8-21(9-12-24)29(37)28-26-7-4-14-36(26)20-23-5-2-3-6-25(23)33-28/h2-14,19,28,33H,15-18,20H2,1H3,(H,32,38). The number of fused-ring (bicyclic) bond motifs is 2. The molecular formula is C30H30N6O2. The van der Waals surface area contributed by atoms with Crippen molar-refractivity contribution in [1.29, 1.82) is 0 Å². The maximum Gasteiger partial charge on any atom is 0.257 e. The van der Waals surface area contributed by atoms with Crippen LogP contribution in [0, 0.1) is 0 Å². The fourth-order valence-electron chi connectivity index (χ4n) is 5.08. The highest BCUT2D eigenvalue weighted by Gasteiger charge is 2.28. The average Bonchev–Trinajstić information content (AvgIpc) is 3.34. The first kappa shape index (κ1) is 23.9. The molecule has 2 N–H and O–H groups in total. The van der Waals surface area contributed by atoms with Crippen LogP contribution in [0.1, 0.15) is 38.0 Å². The zero-order valence-electron chi connectivity index (χ0n) is 21.3. The number of nitrogens with one attached hydrogen (secondary N) is 2. The lowest BCUT2D eigenvalue weighted by Crippen LogP contribution is -2.44. The monoisotopic (exact) mass is 506 g/mol. The number of aromatic nitrogens is 2. The molecule has 4 heterocycles. The second kappa shape index (κ2) is 10.1. The van der Waals surface area contributed by atoms with Gasteiger partial charge >= 0.3 is 0 Å². The van der Waals surface area contributed by atoms with E-state index in [4.69, 9.17) is 0 Å². The number of Topliss-reactive ketones (excluding diaryl/α,β-unsaturated/α-hetero) is 1. The number of pyridine rings is 1. The molecule has 2 aliphatic heterocycles. The number of hydrogen-bond acceptors (Lipinski definition) is 6. The topological polar surface area (TPSA) is 82.5 Å². The number of nitrogens with zero attached hydrogens (tertiary/aromatic N) is 4. The zero-order chi connectivity index (χ0) is 26.1. The van der Waals surface area contributed by atoms with E-state index in [1.54, 1.807) is 36.5 Å². The Labute approximate surface area is 221 Å². The number of amides is 1. The number of hydrogen-bond donors (Lipinski definition) is 2. The van der Waals surface area contributed by atoms with Crippen molar-refractivity contribution in [2.24, 2.45) is 0 Å². The Morgan fingerprint density at radius 2 is 1.66 bits per heavy atom. The summed E-state index contributed by atoms with van der Waals surface area (Å²) in [6.07, 6.45) is 3.62. The largest absolute Gasteiger partial charge is 0.370 e. The van der Waals surface area contributed by atoms with Gasteiger partial charge in [0.25, 0.3) is 5.91 Å². The molecule has 8 heteroatoms. The van der Waals surface area contributed by atoms with Crippen LogP contribution in [0.5, 0.6) is 0 Å². The van der Waals surface area contributed by atoms with Crippen LogP contribution in [0.15, 0.2) is 85.2 Å². The Balaban J connectivity index is 1.14. The van der Waals surface area contributed by atoms with Crippen molar-refractivity contribution in [3.8, 4) is 0 Å². The number of rotatable bonds is 5. The maximum atomic E-state index is 13.6. The van der Waals surface area contributed by atoms with Gasteiger partial charge in [0.2, 0.25) is 0 Å². The van der Waals surface area contributed by atoms with Gasteiger partial charge in [-0.25, -0.2) is 4.98 Å². The molecule has 0 bridgehead atoms. The van der Waals surface area contributed by atoms with Crippen molar-refractivity contribution in [3.63, 3.8) is 0 Å². The first-order valence-electron chi connectivity index (χ1n) is 12.9. The third kappa shape index (κ3) is 4.78. The van der Waals surface area contributed by atoms with E-state index in [0.29, 0.717) is 23.4 Å². The summed E-state index contributed by atoms with van der Waals surface area (Å²) in [6.45, 7) is 4.56. The summed E-state index contributed by atoms with van der Waals surface area (Å²) in [7, 11) is 2.12. The van der Waals surface area contributed by atoms with E-state index in [2.05, 4.69) is 43.1 Å². The SMILES string of the molecule is CN1CCN(c2ccc(C(=O)Nc3ccc(C(=O)C4Nc5ccccc5Cn5cccc54)cc3)cn2)CC1. The molecule has 1 unspecified atom stereocenters. The quantitative estimate of drug-likeness (QED) is 0.393. The van der Waals surface area contributed by atoms with Gasteiger partial charge < -0.3 is 25.0 Å². The second-order valence-corrected chi connectivity index (χ2v) is 9.89. The summed E-state index contributed by atoms with van der Waals surface area (Å²) in [4.78, 5) is 35.4. The fourth-order valence-corrected chi connectivity index (χ4v) is 5.08. The minimum Gasteiger partial charge on any atom is -0.370 e. The van der Waals surface area contributed by atoms with Gasteiger partial charge in [-0.3, -0.25) is 9.59 Å². The van der Waals surface area contributed by atoms with Gasteiger partial charge in [-0.1, -0.05) is 18.2 Å². The molecule has 1 saturated heterocycles. The molecular weight excluding hydrogens is 476 g/mol. The van der Waals surface area contributed by atoms with Gasteiger partial charge in [-0.15, -0.1) is 0 Å². The van der Waals surface area contributed by atoms with Crippen molar-refractivity contribution in [3.05, 3.63) is 108 Å². The highest BCUT2D eigenvalue weighted by Crippen LogP contribution is 2.31. The van der Waals surface area contributed by atoms with E-state index in [0.717, 1.165) is 48.9 Å². The van der Waals surface area contributed by atoms with Gasteiger partial charge in [-0.2, -0.15) is 0 Å². The first-order valence-corrected chi connectivity index (χ1v) is 12.9. The molecule has 1 amide bonds. The van der Waals surface area contributed by atoms with Crippen LogP contribution < -0.4 is 15.5 Å². The lowest BCUT2D eigenvalue weighted by molar-refractivity contribution is 0.0966. The van der Waals surface area contributed by atoms with Crippen molar-refractivity contribution < 1.29 is 9.59 Å². The van der Waals surface area contributed by atoms with Crippen LogP contribution in [-0.4, -0.2) is 59.4 Å². The average molecular weight is 507 g/mol. The summed E-state index contributed by atoms with van der Waals surface area (Å²) >= 11 is 0. The molecule has 1 atom stereocenters. The van der Waals surface area contributed by atoms with Crippen LogP contribution in [0.3, 0.4) is 0 Å².